The van der Waals surface area contributed by atoms with Crippen molar-refractivity contribution >= 4 is 29.1 Å². The number of methoxy groups -OCH3 is 1. The van der Waals surface area contributed by atoms with E-state index in [-0.39, 0.29) is 22.8 Å². The van der Waals surface area contributed by atoms with Gasteiger partial charge in [0.1, 0.15) is 0 Å². The number of nitrogens with one attached hydrogen (secondary N) is 1. The third-order valence-corrected chi connectivity index (χ3v) is 3.70. The Balaban J connectivity index is 2.32. The number of halogens is 2. The first-order valence-electron chi connectivity index (χ1n) is 8.13. The van der Waals surface area contributed by atoms with Crippen molar-refractivity contribution in [1.29, 1.82) is 0 Å². The predicted molar refractivity (Wildman–Crippen MR) is 100 cm³/mol. The molecule has 2 aromatic rings. The molecule has 0 saturated heterocycles. The molecule has 0 bridgehead atoms. The molecule has 8 nitrogen and oxygen atoms in total. The standard InChI is InChI=1S/C19H16F2N2O6/c1-11(24)13-5-3-4-6-14(13)22-18(25)8-7-12-9-16(28-2)17(29-19(20)21)10-15(12)23(26)27/h3-10,19H,1-2H3,(H,22,25)/b8-7+. The van der Waals surface area contributed by atoms with Crippen LogP contribution in [0.5, 0.6) is 11.5 Å². The van der Waals surface area contributed by atoms with Crippen LogP contribution in [0.1, 0.15) is 22.8 Å². The number of ether oxygens (including phenoxy) is 2. The summed E-state index contributed by atoms with van der Waals surface area (Å²) in [5.74, 6) is -1.58. The number of rotatable bonds is 8. The first kappa shape index (κ1) is 21.5. The molecule has 1 amide bonds. The third-order valence-electron chi connectivity index (χ3n) is 3.70. The molecule has 0 fully saturated rings. The molecular weight excluding hydrogens is 390 g/mol. The van der Waals surface area contributed by atoms with Gasteiger partial charge in [0.05, 0.1) is 29.4 Å². The molecule has 152 valence electrons. The van der Waals surface area contributed by atoms with Gasteiger partial charge >= 0.3 is 6.61 Å². The monoisotopic (exact) mass is 406 g/mol. The van der Waals surface area contributed by atoms with Crippen molar-refractivity contribution < 1.29 is 32.8 Å². The van der Waals surface area contributed by atoms with Crippen molar-refractivity contribution in [3.8, 4) is 11.5 Å². The number of nitrogens with zero attached hydrogens (tertiary/aromatic N) is 1. The molecule has 2 rings (SSSR count). The van der Waals surface area contributed by atoms with Gasteiger partial charge in [-0.25, -0.2) is 0 Å². The van der Waals surface area contributed by atoms with Gasteiger partial charge in [0.2, 0.25) is 5.91 Å². The summed E-state index contributed by atoms with van der Waals surface area (Å²) in [5, 5.41) is 13.8. The maximum absolute atomic E-state index is 12.5. The van der Waals surface area contributed by atoms with Gasteiger partial charge in [-0.3, -0.25) is 19.7 Å². The minimum absolute atomic E-state index is 0.0662. The van der Waals surface area contributed by atoms with E-state index in [1.165, 1.54) is 20.1 Å². The highest BCUT2D eigenvalue weighted by Gasteiger charge is 2.20. The number of anilines is 1. The van der Waals surface area contributed by atoms with Crippen LogP contribution in [0.3, 0.4) is 0 Å². The van der Waals surface area contributed by atoms with Gasteiger partial charge in [-0.1, -0.05) is 12.1 Å². The Labute approximate surface area is 163 Å². The summed E-state index contributed by atoms with van der Waals surface area (Å²) in [6, 6.07) is 8.23. The molecule has 0 radical (unpaired) electrons. The molecule has 0 unspecified atom stereocenters. The zero-order valence-electron chi connectivity index (χ0n) is 15.3. The number of Topliss-reactive ketones (excluding diaryl/α,β-unsaturated/α-hetero) is 1. The lowest BCUT2D eigenvalue weighted by Gasteiger charge is -2.11. The molecule has 0 atom stereocenters. The number of ketones is 1. The van der Waals surface area contributed by atoms with E-state index in [4.69, 9.17) is 4.74 Å². The van der Waals surface area contributed by atoms with E-state index in [0.717, 1.165) is 24.3 Å². The zero-order valence-corrected chi connectivity index (χ0v) is 15.3. The minimum atomic E-state index is -3.20. The van der Waals surface area contributed by atoms with Crippen LogP contribution in [-0.2, 0) is 4.79 Å². The lowest BCUT2D eigenvalue weighted by atomic mass is 10.1. The van der Waals surface area contributed by atoms with E-state index in [9.17, 15) is 28.5 Å². The van der Waals surface area contributed by atoms with Crippen molar-refractivity contribution in [1.82, 2.24) is 0 Å². The van der Waals surface area contributed by atoms with E-state index in [2.05, 4.69) is 10.1 Å². The molecule has 0 aliphatic heterocycles. The van der Waals surface area contributed by atoms with Gasteiger partial charge in [0.15, 0.2) is 17.3 Å². The van der Waals surface area contributed by atoms with Crippen LogP contribution < -0.4 is 14.8 Å². The molecule has 0 aromatic heterocycles. The average molecular weight is 406 g/mol. The quantitative estimate of drug-likeness (QED) is 0.307. The maximum Gasteiger partial charge on any atom is 0.387 e. The van der Waals surface area contributed by atoms with Crippen LogP contribution in [0, 0.1) is 10.1 Å². The highest BCUT2D eigenvalue weighted by Crippen LogP contribution is 2.36. The fourth-order valence-corrected chi connectivity index (χ4v) is 2.44. The Morgan fingerprint density at radius 1 is 1.21 bits per heavy atom. The number of hydrogen-bond donors (Lipinski definition) is 1. The lowest BCUT2D eigenvalue weighted by Crippen LogP contribution is -2.11. The number of amides is 1. The molecule has 29 heavy (non-hydrogen) atoms. The molecule has 0 spiro atoms. The third kappa shape index (κ3) is 5.58. The van der Waals surface area contributed by atoms with Crippen LogP contribution in [0.15, 0.2) is 42.5 Å². The number of para-hydroxylation sites is 1. The van der Waals surface area contributed by atoms with Gasteiger partial charge in [-0.05, 0) is 31.2 Å². The van der Waals surface area contributed by atoms with Gasteiger partial charge in [-0.2, -0.15) is 8.78 Å². The first-order chi connectivity index (χ1) is 13.7. The number of hydrogen-bond acceptors (Lipinski definition) is 6. The number of carbonyl (C=O) groups excluding carboxylic acids is 2. The Morgan fingerprint density at radius 3 is 2.48 bits per heavy atom. The lowest BCUT2D eigenvalue weighted by molar-refractivity contribution is -0.385. The molecule has 0 aliphatic rings. The van der Waals surface area contributed by atoms with Crippen molar-refractivity contribution in [2.75, 3.05) is 12.4 Å². The Kier molecular flexibility index (Phi) is 6.96. The molecule has 0 aliphatic carbocycles. The van der Waals surface area contributed by atoms with E-state index in [1.54, 1.807) is 18.2 Å². The second-order valence-corrected chi connectivity index (χ2v) is 5.62. The summed E-state index contributed by atoms with van der Waals surface area (Å²) in [6.07, 6.45) is 2.13. The number of carbonyl (C=O) groups is 2. The van der Waals surface area contributed by atoms with Gasteiger partial charge < -0.3 is 14.8 Å². The number of alkyl halides is 2. The van der Waals surface area contributed by atoms with Crippen molar-refractivity contribution in [2.24, 2.45) is 0 Å². The summed E-state index contributed by atoms with van der Waals surface area (Å²) in [4.78, 5) is 34.2. The topological polar surface area (TPSA) is 108 Å². The first-order valence-corrected chi connectivity index (χ1v) is 8.13. The fourth-order valence-electron chi connectivity index (χ4n) is 2.44. The Bertz CT molecular complexity index is 975. The molecule has 10 heteroatoms. The number of nitro benzene ring substituents is 1. The Hall–Kier alpha value is -3.82. The summed E-state index contributed by atoms with van der Waals surface area (Å²) in [5.41, 5.74) is -0.0454. The molecule has 0 heterocycles. The zero-order chi connectivity index (χ0) is 21.6. The maximum atomic E-state index is 12.5. The van der Waals surface area contributed by atoms with Crippen LogP contribution in [0.2, 0.25) is 0 Å². The normalized spacial score (nSPS) is 10.8. The van der Waals surface area contributed by atoms with Crippen LogP contribution in [0.25, 0.3) is 6.08 Å². The van der Waals surface area contributed by atoms with Crippen molar-refractivity contribution in [3.05, 3.63) is 63.7 Å². The molecule has 2 aromatic carbocycles. The van der Waals surface area contributed by atoms with Crippen molar-refractivity contribution in [2.45, 2.75) is 13.5 Å². The van der Waals surface area contributed by atoms with Crippen LogP contribution in [0.4, 0.5) is 20.2 Å². The number of nitro groups is 1. The minimum Gasteiger partial charge on any atom is -0.493 e. The van der Waals surface area contributed by atoms with E-state index in [1.807, 2.05) is 0 Å². The second-order valence-electron chi connectivity index (χ2n) is 5.62. The summed E-state index contributed by atoms with van der Waals surface area (Å²) in [7, 11) is 1.18. The SMILES string of the molecule is COc1cc(/C=C/C(=O)Nc2ccccc2C(C)=O)c([N+](=O)[O-])cc1OC(F)F. The van der Waals surface area contributed by atoms with Crippen LogP contribution >= 0.6 is 0 Å². The van der Waals surface area contributed by atoms with E-state index < -0.39 is 28.9 Å². The predicted octanol–water partition coefficient (Wildman–Crippen LogP) is 4.06. The molecule has 1 N–H and O–H groups in total. The van der Waals surface area contributed by atoms with Crippen LogP contribution in [-0.4, -0.2) is 30.3 Å². The van der Waals surface area contributed by atoms with E-state index in [0.29, 0.717) is 5.56 Å². The highest BCUT2D eigenvalue weighted by atomic mass is 19.3. The smallest absolute Gasteiger partial charge is 0.387 e. The molecule has 0 saturated carbocycles. The van der Waals surface area contributed by atoms with E-state index >= 15 is 0 Å². The average Bonchev–Trinajstić information content (AvgIpc) is 2.66. The fraction of sp³-hybridized carbons (Fsp3) is 0.158. The highest BCUT2D eigenvalue weighted by molar-refractivity contribution is 6.07. The van der Waals surface area contributed by atoms with Gasteiger partial charge in [0.25, 0.3) is 5.69 Å². The largest absolute Gasteiger partial charge is 0.493 e. The second kappa shape index (κ2) is 9.40. The van der Waals surface area contributed by atoms with Gasteiger partial charge in [0, 0.05) is 11.6 Å². The Morgan fingerprint density at radius 2 is 1.90 bits per heavy atom. The van der Waals surface area contributed by atoms with Crippen molar-refractivity contribution in [3.63, 3.8) is 0 Å². The van der Waals surface area contributed by atoms with Gasteiger partial charge in [-0.15, -0.1) is 0 Å². The summed E-state index contributed by atoms with van der Waals surface area (Å²) >= 11 is 0. The number of benzene rings is 2. The summed E-state index contributed by atoms with van der Waals surface area (Å²) < 4.78 is 34.1. The molecular formula is C19H16F2N2O6. The summed E-state index contributed by atoms with van der Waals surface area (Å²) in [6.45, 7) is -1.85.